The molecule has 0 spiro atoms. The van der Waals surface area contributed by atoms with Crippen LogP contribution in [0.4, 0.5) is 5.82 Å². The largest absolute Gasteiger partial charge is 0.346 e. The van der Waals surface area contributed by atoms with E-state index in [1.54, 1.807) is 23.3 Å². The molecule has 4 heterocycles. The van der Waals surface area contributed by atoms with E-state index < -0.39 is 0 Å². The van der Waals surface area contributed by atoms with Crippen LogP contribution in [0.5, 0.6) is 0 Å². The summed E-state index contributed by atoms with van der Waals surface area (Å²) in [5.41, 5.74) is 0. The van der Waals surface area contributed by atoms with Crippen LogP contribution < -0.4 is 4.90 Å². The van der Waals surface area contributed by atoms with Gasteiger partial charge < -0.3 is 9.47 Å². The first-order valence-corrected chi connectivity index (χ1v) is 7.71. The first kappa shape index (κ1) is 13.9. The minimum atomic E-state index is 0.380. The van der Waals surface area contributed by atoms with E-state index in [2.05, 4.69) is 48.6 Å². The Hall–Kier alpha value is -2.77. The summed E-state index contributed by atoms with van der Waals surface area (Å²) in [5.74, 6) is 3.95. The normalized spacial score (nSPS) is 14.3. The number of rotatable bonds is 3. The number of nitrogens with zero attached hydrogens (tertiary/aromatic N) is 8. The standard InChI is InChI=1S/C15H18N8/c1-11(2)15-20-19-14-10-21(6-7-22(14)15)12-8-16-9-13(18-12)23-5-3-4-17-23/h3-5,8-9,11H,6-7,10H2,1-2H3. The van der Waals surface area contributed by atoms with E-state index in [1.807, 2.05) is 12.3 Å². The summed E-state index contributed by atoms with van der Waals surface area (Å²) in [6.07, 6.45) is 7.07. The van der Waals surface area contributed by atoms with Crippen LogP contribution in [-0.2, 0) is 13.1 Å². The molecule has 3 aromatic heterocycles. The average Bonchev–Trinajstić information content (AvgIpc) is 3.24. The lowest BCUT2D eigenvalue weighted by Crippen LogP contribution is -2.35. The van der Waals surface area contributed by atoms with Crippen molar-refractivity contribution in [1.29, 1.82) is 0 Å². The van der Waals surface area contributed by atoms with Gasteiger partial charge in [-0.05, 0) is 6.07 Å². The van der Waals surface area contributed by atoms with Crippen LogP contribution in [0.2, 0.25) is 0 Å². The van der Waals surface area contributed by atoms with Crippen molar-refractivity contribution in [3.05, 3.63) is 42.5 Å². The molecule has 118 valence electrons. The van der Waals surface area contributed by atoms with Crippen LogP contribution >= 0.6 is 0 Å². The van der Waals surface area contributed by atoms with Gasteiger partial charge in [-0.3, -0.25) is 4.98 Å². The van der Waals surface area contributed by atoms with Crippen molar-refractivity contribution in [1.82, 2.24) is 34.5 Å². The SMILES string of the molecule is CC(C)c1nnc2n1CCN(c1cncc(-n3cccn3)n1)C2. The van der Waals surface area contributed by atoms with Gasteiger partial charge in [0.2, 0.25) is 0 Å². The summed E-state index contributed by atoms with van der Waals surface area (Å²) in [4.78, 5) is 11.1. The predicted molar refractivity (Wildman–Crippen MR) is 84.3 cm³/mol. The third-order valence-corrected chi connectivity index (χ3v) is 3.97. The molecule has 8 heteroatoms. The Labute approximate surface area is 133 Å². The molecule has 0 aliphatic carbocycles. The molecule has 1 aliphatic rings. The minimum Gasteiger partial charge on any atom is -0.346 e. The highest BCUT2D eigenvalue weighted by Crippen LogP contribution is 2.21. The lowest BCUT2D eigenvalue weighted by atomic mass is 10.2. The topological polar surface area (TPSA) is 77.5 Å². The van der Waals surface area contributed by atoms with Gasteiger partial charge in [0.1, 0.15) is 11.6 Å². The van der Waals surface area contributed by atoms with Crippen LogP contribution in [0.25, 0.3) is 5.82 Å². The van der Waals surface area contributed by atoms with Gasteiger partial charge in [-0.1, -0.05) is 13.8 Å². The first-order valence-electron chi connectivity index (χ1n) is 7.71. The molecule has 1 aliphatic heterocycles. The molecule has 0 radical (unpaired) electrons. The molecule has 0 bridgehead atoms. The fourth-order valence-corrected chi connectivity index (χ4v) is 2.82. The van der Waals surface area contributed by atoms with E-state index in [0.29, 0.717) is 18.3 Å². The molecule has 4 rings (SSSR count). The molecule has 23 heavy (non-hydrogen) atoms. The molecule has 8 nitrogen and oxygen atoms in total. The highest BCUT2D eigenvalue weighted by Gasteiger charge is 2.23. The van der Waals surface area contributed by atoms with Crippen molar-refractivity contribution in [2.45, 2.75) is 32.9 Å². The van der Waals surface area contributed by atoms with Crippen LogP contribution in [-0.4, -0.2) is 41.1 Å². The highest BCUT2D eigenvalue weighted by molar-refractivity contribution is 5.40. The minimum absolute atomic E-state index is 0.380. The Kier molecular flexibility index (Phi) is 3.29. The Morgan fingerprint density at radius 2 is 1.96 bits per heavy atom. The van der Waals surface area contributed by atoms with Crippen LogP contribution in [0, 0.1) is 0 Å². The summed E-state index contributed by atoms with van der Waals surface area (Å²) < 4.78 is 3.92. The number of aromatic nitrogens is 7. The number of fused-ring (bicyclic) bond motifs is 1. The van der Waals surface area contributed by atoms with Crippen molar-refractivity contribution >= 4 is 5.82 Å². The molecule has 0 aromatic carbocycles. The molecule has 0 saturated heterocycles. The second kappa shape index (κ2) is 5.45. The van der Waals surface area contributed by atoms with E-state index in [9.17, 15) is 0 Å². The summed E-state index contributed by atoms with van der Waals surface area (Å²) in [6, 6.07) is 1.87. The maximum atomic E-state index is 4.66. The maximum Gasteiger partial charge on any atom is 0.173 e. The molecule has 0 amide bonds. The van der Waals surface area contributed by atoms with Gasteiger partial charge >= 0.3 is 0 Å². The third-order valence-electron chi connectivity index (χ3n) is 3.97. The van der Waals surface area contributed by atoms with Crippen molar-refractivity contribution in [3.8, 4) is 5.82 Å². The fraction of sp³-hybridized carbons (Fsp3) is 0.400. The van der Waals surface area contributed by atoms with Crippen molar-refractivity contribution in [2.24, 2.45) is 0 Å². The Bertz CT molecular complexity index is 805. The number of anilines is 1. The van der Waals surface area contributed by atoms with E-state index in [1.165, 1.54) is 0 Å². The quantitative estimate of drug-likeness (QED) is 0.727. The molecular weight excluding hydrogens is 292 g/mol. The molecule has 0 atom stereocenters. The van der Waals surface area contributed by atoms with Crippen LogP contribution in [0.1, 0.15) is 31.4 Å². The zero-order valence-corrected chi connectivity index (χ0v) is 13.2. The van der Waals surface area contributed by atoms with Gasteiger partial charge in [0.25, 0.3) is 0 Å². The van der Waals surface area contributed by atoms with Gasteiger partial charge in [0.15, 0.2) is 11.6 Å². The van der Waals surface area contributed by atoms with Gasteiger partial charge in [0, 0.05) is 31.4 Å². The second-order valence-corrected chi connectivity index (χ2v) is 5.89. The molecular formula is C15H18N8. The van der Waals surface area contributed by atoms with Crippen LogP contribution in [0.15, 0.2) is 30.9 Å². The number of hydrogen-bond acceptors (Lipinski definition) is 6. The van der Waals surface area contributed by atoms with Gasteiger partial charge in [-0.2, -0.15) is 5.10 Å². The van der Waals surface area contributed by atoms with Crippen molar-refractivity contribution in [2.75, 3.05) is 11.4 Å². The summed E-state index contributed by atoms with van der Waals surface area (Å²) in [7, 11) is 0. The Morgan fingerprint density at radius 1 is 1.09 bits per heavy atom. The lowest BCUT2D eigenvalue weighted by molar-refractivity contribution is 0.528. The van der Waals surface area contributed by atoms with E-state index >= 15 is 0 Å². The molecule has 3 aromatic rings. The molecule has 0 unspecified atom stereocenters. The van der Waals surface area contributed by atoms with Crippen molar-refractivity contribution in [3.63, 3.8) is 0 Å². The highest BCUT2D eigenvalue weighted by atomic mass is 15.4. The lowest BCUT2D eigenvalue weighted by Gasteiger charge is -2.29. The average molecular weight is 310 g/mol. The van der Waals surface area contributed by atoms with Gasteiger partial charge in [0.05, 0.1) is 18.9 Å². The van der Waals surface area contributed by atoms with E-state index in [4.69, 9.17) is 0 Å². The smallest absolute Gasteiger partial charge is 0.173 e. The summed E-state index contributed by atoms with van der Waals surface area (Å²) in [5, 5.41) is 12.9. The van der Waals surface area contributed by atoms with E-state index in [-0.39, 0.29) is 0 Å². The molecule has 0 fully saturated rings. The zero-order chi connectivity index (χ0) is 15.8. The predicted octanol–water partition coefficient (Wildman–Crippen LogP) is 1.40. The molecule has 0 N–H and O–H groups in total. The maximum absolute atomic E-state index is 4.66. The van der Waals surface area contributed by atoms with Gasteiger partial charge in [-0.15, -0.1) is 10.2 Å². The van der Waals surface area contributed by atoms with Gasteiger partial charge in [-0.25, -0.2) is 9.67 Å². The third kappa shape index (κ3) is 2.45. The monoisotopic (exact) mass is 310 g/mol. The van der Waals surface area contributed by atoms with Crippen LogP contribution in [0.3, 0.4) is 0 Å². The summed E-state index contributed by atoms with van der Waals surface area (Å²) in [6.45, 7) is 6.70. The van der Waals surface area contributed by atoms with E-state index in [0.717, 1.165) is 30.6 Å². The zero-order valence-electron chi connectivity index (χ0n) is 13.2. The Balaban J connectivity index is 1.61. The summed E-state index contributed by atoms with van der Waals surface area (Å²) >= 11 is 0. The Morgan fingerprint density at radius 3 is 2.74 bits per heavy atom. The molecule has 0 saturated carbocycles. The number of hydrogen-bond donors (Lipinski definition) is 0. The van der Waals surface area contributed by atoms with Crippen molar-refractivity contribution < 1.29 is 0 Å². The fourth-order valence-electron chi connectivity index (χ4n) is 2.82. The second-order valence-electron chi connectivity index (χ2n) is 5.89. The first-order chi connectivity index (χ1) is 11.2.